The van der Waals surface area contributed by atoms with Gasteiger partial charge < -0.3 is 29.9 Å². The molecule has 0 unspecified atom stereocenters. The van der Waals surface area contributed by atoms with Crippen molar-refractivity contribution in [3.05, 3.63) is 52.6 Å². The van der Waals surface area contributed by atoms with Crippen molar-refractivity contribution < 1.29 is 14.3 Å². The van der Waals surface area contributed by atoms with Crippen LogP contribution in [0.4, 0.5) is 33.6 Å². The van der Waals surface area contributed by atoms with Gasteiger partial charge in [-0.15, -0.1) is 0 Å². The molecule has 202 valence electrons. The van der Waals surface area contributed by atoms with Gasteiger partial charge in [-0.2, -0.15) is 4.98 Å². The summed E-state index contributed by atoms with van der Waals surface area (Å²) in [6, 6.07) is 11.0. The van der Waals surface area contributed by atoms with Crippen LogP contribution in [-0.2, 0) is 0 Å². The summed E-state index contributed by atoms with van der Waals surface area (Å²) in [6.07, 6.45) is 1.57. The number of ether oxygens (including phenoxy) is 2. The number of hydrogen-bond acceptors (Lipinski definition) is 8. The van der Waals surface area contributed by atoms with Crippen LogP contribution in [0.3, 0.4) is 0 Å². The minimum absolute atomic E-state index is 0.145. The Morgan fingerprint density at radius 3 is 2.24 bits per heavy atom. The van der Waals surface area contributed by atoms with E-state index in [4.69, 9.17) is 32.7 Å². The van der Waals surface area contributed by atoms with E-state index < -0.39 is 6.03 Å². The second-order valence-corrected chi connectivity index (χ2v) is 9.36. The van der Waals surface area contributed by atoms with E-state index in [1.165, 1.54) is 24.8 Å². The Kier molecular flexibility index (Phi) is 8.98. The number of carbonyl (C=O) groups excluding carboxylic acids is 1. The number of amides is 2. The highest BCUT2D eigenvalue weighted by Crippen LogP contribution is 2.44. The minimum Gasteiger partial charge on any atom is -0.495 e. The molecule has 2 heterocycles. The third kappa shape index (κ3) is 6.15. The molecule has 0 aliphatic carbocycles. The van der Waals surface area contributed by atoms with Crippen molar-refractivity contribution in [1.82, 2.24) is 14.9 Å². The summed E-state index contributed by atoms with van der Waals surface area (Å²) in [4.78, 5) is 27.8. The molecule has 1 aliphatic rings. The fraction of sp³-hybridized carbons (Fsp3) is 0.346. The highest BCUT2D eigenvalue weighted by Gasteiger charge is 2.22. The molecule has 0 spiro atoms. The summed E-state index contributed by atoms with van der Waals surface area (Å²) in [5, 5.41) is 6.26. The summed E-state index contributed by atoms with van der Waals surface area (Å²) >= 11 is 12.8. The lowest BCUT2D eigenvalue weighted by molar-refractivity contribution is 0.257. The quantitative estimate of drug-likeness (QED) is 0.381. The Hall–Kier alpha value is -3.47. The van der Waals surface area contributed by atoms with Crippen molar-refractivity contribution in [1.29, 1.82) is 0 Å². The molecular formula is C26H31Cl2N7O3. The van der Waals surface area contributed by atoms with E-state index in [1.54, 1.807) is 25.4 Å². The van der Waals surface area contributed by atoms with Crippen LogP contribution in [-0.4, -0.2) is 74.9 Å². The van der Waals surface area contributed by atoms with Crippen LogP contribution in [0, 0.1) is 0 Å². The number of carbonyl (C=O) groups is 1. The molecule has 1 aromatic heterocycles. The number of nitrogens with one attached hydrogen (secondary N) is 2. The van der Waals surface area contributed by atoms with Crippen LogP contribution < -0.4 is 29.9 Å². The van der Waals surface area contributed by atoms with Crippen molar-refractivity contribution in [3.8, 4) is 11.5 Å². The van der Waals surface area contributed by atoms with Gasteiger partial charge in [-0.1, -0.05) is 30.1 Å². The molecule has 0 saturated carbocycles. The number of piperazine rings is 1. The average Bonchev–Trinajstić information content (AvgIpc) is 2.95. The number of methoxy groups -OCH3 is 2. The molecule has 0 bridgehead atoms. The van der Waals surface area contributed by atoms with E-state index in [1.807, 2.05) is 12.1 Å². The predicted molar refractivity (Wildman–Crippen MR) is 153 cm³/mol. The number of rotatable bonds is 8. The van der Waals surface area contributed by atoms with Gasteiger partial charge in [0.15, 0.2) is 0 Å². The standard InChI is InChI=1S/C26H31Cl2N7O3/c1-5-34-12-14-35(15-13-34)18-8-6-17(7-9-18)30-21-10-11-29-25(31-21)33(2)26(36)32-24-22(27)19(37-3)16-20(38-4)23(24)28/h6-11,16H,5,12-15H2,1-4H3,(H,32,36)(H,29,30,31). The van der Waals surface area contributed by atoms with Gasteiger partial charge in [0.1, 0.15) is 27.4 Å². The third-order valence-electron chi connectivity index (χ3n) is 6.38. The van der Waals surface area contributed by atoms with Crippen molar-refractivity contribution in [2.75, 3.05) is 74.4 Å². The molecule has 4 rings (SSSR count). The first kappa shape index (κ1) is 27.6. The smallest absolute Gasteiger partial charge is 0.328 e. The average molecular weight is 560 g/mol. The largest absolute Gasteiger partial charge is 0.495 e. The van der Waals surface area contributed by atoms with E-state index in [2.05, 4.69) is 49.5 Å². The molecule has 1 saturated heterocycles. The van der Waals surface area contributed by atoms with Crippen LogP contribution in [0.5, 0.6) is 11.5 Å². The van der Waals surface area contributed by atoms with Gasteiger partial charge in [-0.3, -0.25) is 4.90 Å². The molecule has 0 radical (unpaired) electrons. The molecule has 38 heavy (non-hydrogen) atoms. The number of benzene rings is 2. The number of aromatic nitrogens is 2. The van der Waals surface area contributed by atoms with Gasteiger partial charge >= 0.3 is 6.03 Å². The second kappa shape index (κ2) is 12.4. The Morgan fingerprint density at radius 1 is 1.03 bits per heavy atom. The number of halogens is 2. The maximum atomic E-state index is 13.0. The predicted octanol–water partition coefficient (Wildman–Crippen LogP) is 5.35. The zero-order valence-electron chi connectivity index (χ0n) is 21.8. The summed E-state index contributed by atoms with van der Waals surface area (Å²) in [7, 11) is 4.46. The highest BCUT2D eigenvalue weighted by molar-refractivity contribution is 6.41. The molecule has 12 heteroatoms. The lowest BCUT2D eigenvalue weighted by Gasteiger charge is -2.35. The van der Waals surface area contributed by atoms with Crippen molar-refractivity contribution in [2.24, 2.45) is 0 Å². The topological polar surface area (TPSA) is 95.1 Å². The van der Waals surface area contributed by atoms with E-state index in [-0.39, 0.29) is 21.7 Å². The first-order valence-electron chi connectivity index (χ1n) is 12.2. The number of hydrogen-bond donors (Lipinski definition) is 2. The molecule has 3 aromatic rings. The Labute approximate surface area is 232 Å². The monoisotopic (exact) mass is 559 g/mol. The fourth-order valence-electron chi connectivity index (χ4n) is 4.08. The molecule has 0 atom stereocenters. The maximum Gasteiger partial charge on any atom is 0.328 e. The molecule has 1 aliphatic heterocycles. The van der Waals surface area contributed by atoms with Gasteiger partial charge in [-0.25, -0.2) is 9.78 Å². The Balaban J connectivity index is 1.44. The van der Waals surface area contributed by atoms with E-state index in [0.717, 1.165) is 38.4 Å². The molecule has 2 amide bonds. The number of anilines is 5. The first-order valence-corrected chi connectivity index (χ1v) is 12.9. The normalized spacial score (nSPS) is 13.7. The zero-order valence-corrected chi connectivity index (χ0v) is 23.3. The molecule has 2 N–H and O–H groups in total. The highest BCUT2D eigenvalue weighted by atomic mass is 35.5. The number of nitrogens with zero attached hydrogens (tertiary/aromatic N) is 5. The summed E-state index contributed by atoms with van der Waals surface area (Å²) in [6.45, 7) is 7.47. The number of urea groups is 1. The van der Waals surface area contributed by atoms with Gasteiger partial charge in [0, 0.05) is 56.9 Å². The van der Waals surface area contributed by atoms with Crippen LogP contribution >= 0.6 is 23.2 Å². The lowest BCUT2D eigenvalue weighted by atomic mass is 10.2. The second-order valence-electron chi connectivity index (χ2n) is 8.61. The number of likely N-dealkylation sites (N-methyl/N-ethyl adjacent to an activating group) is 1. The van der Waals surface area contributed by atoms with Crippen molar-refractivity contribution in [3.63, 3.8) is 0 Å². The van der Waals surface area contributed by atoms with Crippen molar-refractivity contribution in [2.45, 2.75) is 6.92 Å². The van der Waals surface area contributed by atoms with Crippen LogP contribution in [0.25, 0.3) is 0 Å². The van der Waals surface area contributed by atoms with Crippen LogP contribution in [0.15, 0.2) is 42.6 Å². The van der Waals surface area contributed by atoms with Gasteiger partial charge in [0.05, 0.1) is 19.9 Å². The van der Waals surface area contributed by atoms with E-state index >= 15 is 0 Å². The Bertz CT molecular complexity index is 1240. The first-order chi connectivity index (χ1) is 18.3. The molecule has 10 nitrogen and oxygen atoms in total. The van der Waals surface area contributed by atoms with Crippen LogP contribution in [0.1, 0.15) is 6.92 Å². The molecule has 1 fully saturated rings. The van der Waals surface area contributed by atoms with Gasteiger partial charge in [-0.05, 0) is 36.9 Å². The summed E-state index contributed by atoms with van der Waals surface area (Å²) in [5.74, 6) is 1.34. The van der Waals surface area contributed by atoms with Crippen molar-refractivity contribution >= 4 is 58.1 Å². The summed E-state index contributed by atoms with van der Waals surface area (Å²) < 4.78 is 10.5. The third-order valence-corrected chi connectivity index (χ3v) is 7.13. The molecule has 2 aromatic carbocycles. The minimum atomic E-state index is -0.547. The zero-order chi connectivity index (χ0) is 27.2. The van der Waals surface area contributed by atoms with Gasteiger partial charge in [0.2, 0.25) is 5.95 Å². The van der Waals surface area contributed by atoms with E-state index in [9.17, 15) is 4.79 Å². The maximum absolute atomic E-state index is 13.0. The molecular weight excluding hydrogens is 529 g/mol. The summed E-state index contributed by atoms with van der Waals surface area (Å²) in [5.41, 5.74) is 2.23. The van der Waals surface area contributed by atoms with Crippen LogP contribution in [0.2, 0.25) is 10.0 Å². The SMILES string of the molecule is CCN1CCN(c2ccc(Nc3ccnc(N(C)C(=O)Nc4c(Cl)c(OC)cc(OC)c4Cl)n3)cc2)CC1. The fourth-order valence-corrected chi connectivity index (χ4v) is 4.68. The Morgan fingerprint density at radius 2 is 1.66 bits per heavy atom. The lowest BCUT2D eigenvalue weighted by Crippen LogP contribution is -2.46. The van der Waals surface area contributed by atoms with E-state index in [0.29, 0.717) is 17.3 Å². The van der Waals surface area contributed by atoms with Gasteiger partial charge in [0.25, 0.3) is 0 Å².